The van der Waals surface area contributed by atoms with Gasteiger partial charge >= 0.3 is 5.97 Å². The Balaban J connectivity index is 1.76. The van der Waals surface area contributed by atoms with E-state index < -0.39 is 12.1 Å². The van der Waals surface area contributed by atoms with Crippen LogP contribution in [-0.2, 0) is 9.53 Å². The Morgan fingerprint density at radius 3 is 3.00 bits per heavy atom. The standard InChI is InChI=1S/C9H11N3O4S/c13-8(6-4-11-17-12-6)10-3-5-1-2-7(16-5)9(14)15/h4-5,7H,1-3H2,(H,10,13)(H,14,15). The molecular formula is C9H11N3O4S. The van der Waals surface area contributed by atoms with Crippen LogP contribution in [0.3, 0.4) is 0 Å². The predicted octanol–water partition coefficient (Wildman–Crippen LogP) is -0.0999. The molecule has 0 aliphatic carbocycles. The Bertz CT molecular complexity index is 408. The van der Waals surface area contributed by atoms with E-state index in [1.165, 1.54) is 6.20 Å². The summed E-state index contributed by atoms with van der Waals surface area (Å²) in [4.78, 5) is 22.1. The zero-order chi connectivity index (χ0) is 12.3. The molecule has 1 aromatic rings. The van der Waals surface area contributed by atoms with Crippen molar-refractivity contribution in [1.82, 2.24) is 14.1 Å². The second-order valence-corrected chi connectivity index (χ2v) is 4.22. The largest absolute Gasteiger partial charge is 0.479 e. The average molecular weight is 257 g/mol. The Labute approximate surface area is 101 Å². The van der Waals surface area contributed by atoms with Crippen LogP contribution >= 0.6 is 11.7 Å². The van der Waals surface area contributed by atoms with E-state index in [-0.39, 0.29) is 17.7 Å². The number of carboxylic acid groups (broad SMARTS) is 1. The number of aromatic nitrogens is 2. The Hall–Kier alpha value is -1.54. The zero-order valence-corrected chi connectivity index (χ0v) is 9.64. The molecule has 8 heteroatoms. The van der Waals surface area contributed by atoms with Gasteiger partial charge in [0.25, 0.3) is 5.91 Å². The molecule has 1 aromatic heterocycles. The number of aliphatic carboxylic acids is 1. The fourth-order valence-corrected chi connectivity index (χ4v) is 2.01. The maximum absolute atomic E-state index is 11.5. The number of carbonyl (C=O) groups excluding carboxylic acids is 1. The number of nitrogens with one attached hydrogen (secondary N) is 1. The molecule has 1 fully saturated rings. The summed E-state index contributed by atoms with van der Waals surface area (Å²) in [6, 6.07) is 0. The van der Waals surface area contributed by atoms with Gasteiger partial charge in [0, 0.05) is 6.54 Å². The fraction of sp³-hybridized carbons (Fsp3) is 0.556. The van der Waals surface area contributed by atoms with Crippen molar-refractivity contribution in [3.8, 4) is 0 Å². The number of hydrogen-bond donors (Lipinski definition) is 2. The normalized spacial score (nSPS) is 23.5. The van der Waals surface area contributed by atoms with Gasteiger partial charge in [-0.1, -0.05) is 0 Å². The predicted molar refractivity (Wildman–Crippen MR) is 57.8 cm³/mol. The second-order valence-electron chi connectivity index (χ2n) is 3.67. The van der Waals surface area contributed by atoms with Crippen molar-refractivity contribution in [3.63, 3.8) is 0 Å². The second kappa shape index (κ2) is 5.19. The van der Waals surface area contributed by atoms with Crippen molar-refractivity contribution < 1.29 is 19.4 Å². The van der Waals surface area contributed by atoms with Crippen molar-refractivity contribution in [2.75, 3.05) is 6.54 Å². The fourth-order valence-electron chi connectivity index (χ4n) is 1.60. The number of carboxylic acids is 1. The van der Waals surface area contributed by atoms with Crippen molar-refractivity contribution in [2.45, 2.75) is 25.0 Å². The van der Waals surface area contributed by atoms with Gasteiger partial charge in [-0.2, -0.15) is 8.75 Å². The first kappa shape index (κ1) is 11.9. The van der Waals surface area contributed by atoms with Crippen molar-refractivity contribution >= 4 is 23.6 Å². The van der Waals surface area contributed by atoms with Crippen LogP contribution in [0, 0.1) is 0 Å². The molecule has 2 heterocycles. The highest BCUT2D eigenvalue weighted by molar-refractivity contribution is 6.99. The molecule has 0 bridgehead atoms. The highest BCUT2D eigenvalue weighted by Crippen LogP contribution is 2.19. The van der Waals surface area contributed by atoms with Crippen LogP contribution in [0.4, 0.5) is 0 Å². The molecule has 0 aromatic carbocycles. The first-order chi connectivity index (χ1) is 8.16. The third-order valence-electron chi connectivity index (χ3n) is 2.47. The maximum Gasteiger partial charge on any atom is 0.332 e. The van der Waals surface area contributed by atoms with E-state index in [2.05, 4.69) is 14.1 Å². The maximum atomic E-state index is 11.5. The molecule has 2 rings (SSSR count). The van der Waals surface area contributed by atoms with Gasteiger partial charge in [0.1, 0.15) is 0 Å². The number of hydrogen-bond acceptors (Lipinski definition) is 6. The van der Waals surface area contributed by atoms with Gasteiger partial charge in [-0.15, -0.1) is 0 Å². The Kier molecular flexibility index (Phi) is 3.64. The zero-order valence-electron chi connectivity index (χ0n) is 8.83. The minimum Gasteiger partial charge on any atom is -0.479 e. The highest BCUT2D eigenvalue weighted by atomic mass is 32.1. The van der Waals surface area contributed by atoms with Gasteiger partial charge in [0.2, 0.25) is 0 Å². The van der Waals surface area contributed by atoms with Gasteiger partial charge in [-0.05, 0) is 12.8 Å². The summed E-state index contributed by atoms with van der Waals surface area (Å²) in [5, 5.41) is 11.4. The van der Waals surface area contributed by atoms with Crippen LogP contribution < -0.4 is 5.32 Å². The molecule has 2 N–H and O–H groups in total. The van der Waals surface area contributed by atoms with Gasteiger partial charge in [-0.25, -0.2) is 4.79 Å². The molecule has 7 nitrogen and oxygen atoms in total. The molecular weight excluding hydrogens is 246 g/mol. The van der Waals surface area contributed by atoms with Crippen LogP contribution in [-0.4, -0.2) is 44.5 Å². The van der Waals surface area contributed by atoms with Gasteiger partial charge in [0.05, 0.1) is 24.0 Å². The summed E-state index contributed by atoms with van der Waals surface area (Å²) in [6.45, 7) is 0.292. The number of nitrogens with zero attached hydrogens (tertiary/aromatic N) is 2. The van der Waals surface area contributed by atoms with E-state index in [1.807, 2.05) is 0 Å². The minimum absolute atomic E-state index is 0.244. The molecule has 2 atom stereocenters. The van der Waals surface area contributed by atoms with E-state index in [4.69, 9.17) is 9.84 Å². The Morgan fingerprint density at radius 1 is 1.59 bits per heavy atom. The number of amides is 1. The van der Waals surface area contributed by atoms with E-state index in [1.54, 1.807) is 0 Å². The molecule has 1 aliphatic heterocycles. The van der Waals surface area contributed by atoms with Crippen molar-refractivity contribution in [3.05, 3.63) is 11.9 Å². The van der Waals surface area contributed by atoms with Crippen LogP contribution in [0.2, 0.25) is 0 Å². The lowest BCUT2D eigenvalue weighted by molar-refractivity contribution is -0.149. The van der Waals surface area contributed by atoms with E-state index in [0.717, 1.165) is 11.7 Å². The lowest BCUT2D eigenvalue weighted by Gasteiger charge is -2.11. The van der Waals surface area contributed by atoms with Crippen molar-refractivity contribution in [2.24, 2.45) is 0 Å². The third kappa shape index (κ3) is 2.98. The number of rotatable bonds is 4. The first-order valence-corrected chi connectivity index (χ1v) is 5.84. The lowest BCUT2D eigenvalue weighted by Crippen LogP contribution is -2.33. The van der Waals surface area contributed by atoms with E-state index >= 15 is 0 Å². The molecule has 92 valence electrons. The SMILES string of the molecule is O=C(NCC1CCC(C(=O)O)O1)c1cnsn1. The smallest absolute Gasteiger partial charge is 0.332 e. The molecule has 0 radical (unpaired) electrons. The monoisotopic (exact) mass is 257 g/mol. The molecule has 1 aliphatic rings. The van der Waals surface area contributed by atoms with E-state index in [9.17, 15) is 9.59 Å². The molecule has 0 spiro atoms. The summed E-state index contributed by atoms with van der Waals surface area (Å²) in [5.41, 5.74) is 0.266. The first-order valence-electron chi connectivity index (χ1n) is 5.11. The van der Waals surface area contributed by atoms with Crippen molar-refractivity contribution in [1.29, 1.82) is 0 Å². The molecule has 2 unspecified atom stereocenters. The summed E-state index contributed by atoms with van der Waals surface area (Å²) in [6.07, 6.45) is 1.50. The topological polar surface area (TPSA) is 101 Å². The highest BCUT2D eigenvalue weighted by Gasteiger charge is 2.30. The van der Waals surface area contributed by atoms with E-state index in [0.29, 0.717) is 19.4 Å². The summed E-state index contributed by atoms with van der Waals surface area (Å²) < 4.78 is 12.8. The molecule has 1 saturated heterocycles. The third-order valence-corrected chi connectivity index (χ3v) is 2.95. The molecule has 17 heavy (non-hydrogen) atoms. The Morgan fingerprint density at radius 2 is 2.41 bits per heavy atom. The van der Waals surface area contributed by atoms with Gasteiger partial charge in [0.15, 0.2) is 11.8 Å². The minimum atomic E-state index is -0.956. The molecule has 1 amide bonds. The quantitative estimate of drug-likeness (QED) is 0.781. The number of ether oxygens (including phenoxy) is 1. The van der Waals surface area contributed by atoms with Crippen LogP contribution in [0.5, 0.6) is 0 Å². The van der Waals surface area contributed by atoms with Gasteiger partial charge < -0.3 is 15.2 Å². The van der Waals surface area contributed by atoms with Crippen LogP contribution in [0.15, 0.2) is 6.20 Å². The van der Waals surface area contributed by atoms with Crippen LogP contribution in [0.1, 0.15) is 23.3 Å². The van der Waals surface area contributed by atoms with Crippen LogP contribution in [0.25, 0.3) is 0 Å². The van der Waals surface area contributed by atoms with Gasteiger partial charge in [-0.3, -0.25) is 4.79 Å². The lowest BCUT2D eigenvalue weighted by atomic mass is 10.2. The summed E-state index contributed by atoms with van der Waals surface area (Å²) >= 11 is 0.961. The average Bonchev–Trinajstić information content (AvgIpc) is 2.97. The molecule has 0 saturated carbocycles. The summed E-state index contributed by atoms with van der Waals surface area (Å²) in [7, 11) is 0. The number of carbonyl (C=O) groups is 2. The summed E-state index contributed by atoms with van der Waals surface area (Å²) in [5.74, 6) is -1.27.